The van der Waals surface area contributed by atoms with Crippen LogP contribution in [0.2, 0.25) is 5.02 Å². The number of piperazine rings is 1. The molecule has 0 aliphatic carbocycles. The van der Waals surface area contributed by atoms with Crippen LogP contribution in [0.1, 0.15) is 11.1 Å². The molecule has 100 valence electrons. The van der Waals surface area contributed by atoms with Crippen LogP contribution in [0, 0.1) is 6.92 Å². The molecule has 1 N–H and O–H groups in total. The number of nitrogens with one attached hydrogen (secondary N) is 1. The summed E-state index contributed by atoms with van der Waals surface area (Å²) < 4.78 is 0. The minimum Gasteiger partial charge on any atom is -0.353 e. The SMILES string of the molecule is Cc1ccc(C=CC(=O)N2CCNC(=O)C2)cc1Cl. The number of aryl methyl sites for hydroxylation is 1. The summed E-state index contributed by atoms with van der Waals surface area (Å²) in [4.78, 5) is 24.6. The minimum atomic E-state index is -0.161. The molecule has 0 bridgehead atoms. The van der Waals surface area contributed by atoms with Crippen molar-refractivity contribution in [1.82, 2.24) is 10.2 Å². The van der Waals surface area contributed by atoms with Gasteiger partial charge in [0.1, 0.15) is 0 Å². The summed E-state index contributed by atoms with van der Waals surface area (Å²) >= 11 is 6.01. The molecule has 1 saturated heterocycles. The highest BCUT2D eigenvalue weighted by Crippen LogP contribution is 2.17. The predicted molar refractivity (Wildman–Crippen MR) is 74.8 cm³/mol. The Morgan fingerprint density at radius 1 is 1.47 bits per heavy atom. The van der Waals surface area contributed by atoms with Crippen LogP contribution in [0.25, 0.3) is 6.08 Å². The van der Waals surface area contributed by atoms with Crippen LogP contribution in [0.15, 0.2) is 24.3 Å². The van der Waals surface area contributed by atoms with Crippen LogP contribution < -0.4 is 5.32 Å². The molecule has 1 aromatic carbocycles. The standard InChI is InChI=1S/C14H15ClN2O2/c1-10-2-3-11(8-12(10)15)4-5-14(19)17-7-6-16-13(18)9-17/h2-5,8H,6-7,9H2,1H3,(H,16,18). The third-order valence-corrected chi connectivity index (χ3v) is 3.37. The van der Waals surface area contributed by atoms with Crippen molar-refractivity contribution in [3.8, 4) is 0 Å². The fraction of sp³-hybridized carbons (Fsp3) is 0.286. The summed E-state index contributed by atoms with van der Waals surface area (Å²) in [5.41, 5.74) is 1.86. The minimum absolute atomic E-state index is 0.119. The van der Waals surface area contributed by atoms with E-state index in [0.717, 1.165) is 11.1 Å². The molecule has 2 rings (SSSR count). The Morgan fingerprint density at radius 2 is 2.26 bits per heavy atom. The zero-order valence-corrected chi connectivity index (χ0v) is 11.4. The van der Waals surface area contributed by atoms with Gasteiger partial charge in [0.25, 0.3) is 0 Å². The molecule has 1 aliphatic rings. The van der Waals surface area contributed by atoms with Gasteiger partial charge in [-0.15, -0.1) is 0 Å². The van der Waals surface area contributed by atoms with E-state index in [9.17, 15) is 9.59 Å². The van der Waals surface area contributed by atoms with E-state index < -0.39 is 0 Å². The van der Waals surface area contributed by atoms with E-state index in [2.05, 4.69) is 5.32 Å². The molecule has 1 aliphatic heterocycles. The molecular weight excluding hydrogens is 264 g/mol. The van der Waals surface area contributed by atoms with Crippen LogP contribution >= 0.6 is 11.6 Å². The second-order valence-corrected chi connectivity index (χ2v) is 4.86. The molecule has 0 spiro atoms. The van der Waals surface area contributed by atoms with Crippen LogP contribution in [0.3, 0.4) is 0 Å². The van der Waals surface area contributed by atoms with E-state index in [1.54, 1.807) is 6.08 Å². The summed E-state index contributed by atoms with van der Waals surface area (Å²) in [6.45, 7) is 3.10. The van der Waals surface area contributed by atoms with E-state index in [1.165, 1.54) is 11.0 Å². The van der Waals surface area contributed by atoms with Gasteiger partial charge in [-0.2, -0.15) is 0 Å². The Labute approximate surface area is 117 Å². The first-order chi connectivity index (χ1) is 9.06. The zero-order valence-electron chi connectivity index (χ0n) is 10.6. The van der Waals surface area contributed by atoms with Crippen molar-refractivity contribution in [3.05, 3.63) is 40.4 Å². The number of hydrogen-bond donors (Lipinski definition) is 1. The second kappa shape index (κ2) is 5.89. The van der Waals surface area contributed by atoms with E-state index in [0.29, 0.717) is 18.1 Å². The number of carbonyl (C=O) groups excluding carboxylic acids is 2. The van der Waals surface area contributed by atoms with Crippen LogP contribution in [-0.4, -0.2) is 36.3 Å². The lowest BCUT2D eigenvalue weighted by Gasteiger charge is -2.25. The van der Waals surface area contributed by atoms with Crippen LogP contribution in [0.4, 0.5) is 0 Å². The Balaban J connectivity index is 2.03. The summed E-state index contributed by atoms with van der Waals surface area (Å²) in [7, 11) is 0. The largest absolute Gasteiger partial charge is 0.353 e. The molecular formula is C14H15ClN2O2. The molecule has 2 amide bonds. The first kappa shape index (κ1) is 13.6. The van der Waals surface area contributed by atoms with Crippen molar-refractivity contribution >= 4 is 29.5 Å². The van der Waals surface area contributed by atoms with Crippen molar-refractivity contribution < 1.29 is 9.59 Å². The Hall–Kier alpha value is -1.81. The average Bonchev–Trinajstić information content (AvgIpc) is 2.40. The Morgan fingerprint density at radius 3 is 2.95 bits per heavy atom. The van der Waals surface area contributed by atoms with E-state index in [4.69, 9.17) is 11.6 Å². The molecule has 1 heterocycles. The first-order valence-corrected chi connectivity index (χ1v) is 6.44. The fourth-order valence-corrected chi connectivity index (χ4v) is 2.00. The van der Waals surface area contributed by atoms with Gasteiger partial charge in [0, 0.05) is 24.2 Å². The lowest BCUT2D eigenvalue weighted by atomic mass is 10.1. The topological polar surface area (TPSA) is 49.4 Å². The lowest BCUT2D eigenvalue weighted by Crippen LogP contribution is -2.49. The summed E-state index contributed by atoms with van der Waals surface area (Å²) in [6, 6.07) is 5.61. The molecule has 0 atom stereocenters. The molecule has 1 fully saturated rings. The third-order valence-electron chi connectivity index (χ3n) is 2.96. The number of carbonyl (C=O) groups is 2. The van der Waals surface area contributed by atoms with Gasteiger partial charge in [0.2, 0.25) is 11.8 Å². The van der Waals surface area contributed by atoms with E-state index in [1.807, 2.05) is 25.1 Å². The number of benzene rings is 1. The van der Waals surface area contributed by atoms with Crippen molar-refractivity contribution in [3.63, 3.8) is 0 Å². The first-order valence-electron chi connectivity index (χ1n) is 6.06. The number of nitrogens with zero attached hydrogens (tertiary/aromatic N) is 1. The molecule has 0 radical (unpaired) electrons. The number of hydrogen-bond acceptors (Lipinski definition) is 2. The van der Waals surface area contributed by atoms with Crippen molar-refractivity contribution in [2.45, 2.75) is 6.92 Å². The van der Waals surface area contributed by atoms with Gasteiger partial charge >= 0.3 is 0 Å². The van der Waals surface area contributed by atoms with Gasteiger partial charge in [-0.25, -0.2) is 0 Å². The van der Waals surface area contributed by atoms with Gasteiger partial charge < -0.3 is 10.2 Å². The monoisotopic (exact) mass is 278 g/mol. The second-order valence-electron chi connectivity index (χ2n) is 4.45. The number of halogens is 1. The fourth-order valence-electron chi connectivity index (χ4n) is 1.81. The van der Waals surface area contributed by atoms with Gasteiger partial charge in [-0.05, 0) is 30.2 Å². The molecule has 0 unspecified atom stereocenters. The predicted octanol–water partition coefficient (Wildman–Crippen LogP) is 1.62. The Bertz CT molecular complexity index is 540. The van der Waals surface area contributed by atoms with Gasteiger partial charge in [-0.1, -0.05) is 23.7 Å². The van der Waals surface area contributed by atoms with Crippen molar-refractivity contribution in [2.75, 3.05) is 19.6 Å². The smallest absolute Gasteiger partial charge is 0.247 e. The molecule has 5 heteroatoms. The molecule has 0 aromatic heterocycles. The number of rotatable bonds is 2. The van der Waals surface area contributed by atoms with Crippen molar-refractivity contribution in [1.29, 1.82) is 0 Å². The highest BCUT2D eigenvalue weighted by molar-refractivity contribution is 6.31. The molecule has 4 nitrogen and oxygen atoms in total. The van der Waals surface area contributed by atoms with Crippen LogP contribution in [0.5, 0.6) is 0 Å². The van der Waals surface area contributed by atoms with E-state index >= 15 is 0 Å². The van der Waals surface area contributed by atoms with E-state index in [-0.39, 0.29) is 18.4 Å². The zero-order chi connectivity index (χ0) is 13.8. The van der Waals surface area contributed by atoms with Gasteiger partial charge in [0.15, 0.2) is 0 Å². The summed E-state index contributed by atoms with van der Waals surface area (Å²) in [6.07, 6.45) is 3.18. The third kappa shape index (κ3) is 3.58. The van der Waals surface area contributed by atoms with Gasteiger partial charge in [-0.3, -0.25) is 9.59 Å². The normalized spacial score (nSPS) is 15.7. The highest BCUT2D eigenvalue weighted by atomic mass is 35.5. The summed E-state index contributed by atoms with van der Waals surface area (Å²) in [5.74, 6) is -0.280. The Kier molecular flexibility index (Phi) is 4.22. The maximum absolute atomic E-state index is 11.9. The maximum atomic E-state index is 11.9. The number of amides is 2. The quantitative estimate of drug-likeness (QED) is 0.836. The van der Waals surface area contributed by atoms with Crippen molar-refractivity contribution in [2.24, 2.45) is 0 Å². The van der Waals surface area contributed by atoms with Crippen LogP contribution in [-0.2, 0) is 9.59 Å². The van der Waals surface area contributed by atoms with Gasteiger partial charge in [0.05, 0.1) is 6.54 Å². The summed E-state index contributed by atoms with van der Waals surface area (Å²) in [5, 5.41) is 3.35. The molecule has 1 aromatic rings. The highest BCUT2D eigenvalue weighted by Gasteiger charge is 2.18. The average molecular weight is 279 g/mol. The molecule has 0 saturated carbocycles. The molecule has 19 heavy (non-hydrogen) atoms. The maximum Gasteiger partial charge on any atom is 0.247 e. The lowest BCUT2D eigenvalue weighted by molar-refractivity contribution is -0.134.